The van der Waals surface area contributed by atoms with Gasteiger partial charge in [-0.05, 0) is 11.1 Å². The number of sulfonamides is 1. The normalized spacial score (nSPS) is 11.0. The highest BCUT2D eigenvalue weighted by Gasteiger charge is 2.11. The van der Waals surface area contributed by atoms with Crippen LogP contribution in [0.15, 0.2) is 60.7 Å². The maximum absolute atomic E-state index is 12.0. The van der Waals surface area contributed by atoms with Crippen LogP contribution in [0.4, 0.5) is 0 Å². The molecule has 2 amide bonds. The van der Waals surface area contributed by atoms with Crippen molar-refractivity contribution in [2.45, 2.75) is 12.2 Å². The number of nitrogens with one attached hydrogen (secondary N) is 3. The number of hydrogen-bond acceptors (Lipinski definition) is 4. The van der Waals surface area contributed by atoms with Crippen molar-refractivity contribution < 1.29 is 18.0 Å². The van der Waals surface area contributed by atoms with E-state index in [-0.39, 0.29) is 43.6 Å². The summed E-state index contributed by atoms with van der Waals surface area (Å²) in [5, 5.41) is 5.09. The summed E-state index contributed by atoms with van der Waals surface area (Å²) >= 11 is 0. The zero-order valence-electron chi connectivity index (χ0n) is 14.9. The molecule has 0 radical (unpaired) electrons. The van der Waals surface area contributed by atoms with Crippen molar-refractivity contribution >= 4 is 21.8 Å². The molecule has 27 heavy (non-hydrogen) atoms. The first-order chi connectivity index (χ1) is 12.9. The Bertz CT molecular complexity index is 840. The van der Waals surface area contributed by atoms with Crippen LogP contribution in [0.1, 0.15) is 11.1 Å². The number of benzene rings is 2. The molecule has 0 atom stereocenters. The van der Waals surface area contributed by atoms with E-state index in [0.717, 1.165) is 5.56 Å². The van der Waals surface area contributed by atoms with Gasteiger partial charge in [0.05, 0.1) is 18.7 Å². The van der Waals surface area contributed by atoms with E-state index in [1.807, 2.05) is 36.4 Å². The third-order valence-electron chi connectivity index (χ3n) is 3.62. The van der Waals surface area contributed by atoms with Gasteiger partial charge < -0.3 is 10.6 Å². The lowest BCUT2D eigenvalue weighted by molar-refractivity contribution is -0.125. The second-order valence-electron chi connectivity index (χ2n) is 5.93. The van der Waals surface area contributed by atoms with Crippen LogP contribution < -0.4 is 15.4 Å². The Morgan fingerprint density at radius 1 is 0.741 bits per heavy atom. The van der Waals surface area contributed by atoms with Crippen LogP contribution in [-0.4, -0.2) is 39.9 Å². The Hall–Kier alpha value is -2.71. The van der Waals surface area contributed by atoms with Crippen LogP contribution in [0.25, 0.3) is 0 Å². The summed E-state index contributed by atoms with van der Waals surface area (Å²) in [6.45, 7) is 0.0721. The molecule has 0 aliphatic carbocycles. The van der Waals surface area contributed by atoms with Gasteiger partial charge in [-0.25, -0.2) is 13.1 Å². The van der Waals surface area contributed by atoms with Crippen molar-refractivity contribution in [2.24, 2.45) is 0 Å². The topological polar surface area (TPSA) is 104 Å². The van der Waals surface area contributed by atoms with E-state index in [1.54, 1.807) is 24.3 Å². The van der Waals surface area contributed by atoms with Gasteiger partial charge in [0.2, 0.25) is 21.8 Å². The SMILES string of the molecule is O=C(CNC(=O)Cc1ccccc1)NCCNS(=O)(=O)Cc1ccccc1. The standard InChI is InChI=1S/C19H23N3O4S/c23-18(13-16-7-3-1-4-8-16)21-14-19(24)20-11-12-22-27(25,26)15-17-9-5-2-6-10-17/h1-10,22H,11-15H2,(H,20,24)(H,21,23). The van der Waals surface area contributed by atoms with Crippen molar-refractivity contribution in [3.05, 3.63) is 71.8 Å². The Balaban J connectivity index is 1.61. The molecule has 3 N–H and O–H groups in total. The van der Waals surface area contributed by atoms with Crippen molar-refractivity contribution in [3.8, 4) is 0 Å². The Labute approximate surface area is 159 Å². The maximum Gasteiger partial charge on any atom is 0.239 e. The molecule has 2 aromatic carbocycles. The molecule has 0 heterocycles. The average Bonchev–Trinajstić information content (AvgIpc) is 2.65. The van der Waals surface area contributed by atoms with Crippen molar-refractivity contribution in [3.63, 3.8) is 0 Å². The Kier molecular flexibility index (Phi) is 7.97. The predicted octanol–water partition coefficient (Wildman–Crippen LogP) is 0.581. The van der Waals surface area contributed by atoms with Crippen LogP contribution in [0.3, 0.4) is 0 Å². The van der Waals surface area contributed by atoms with Gasteiger partial charge in [0, 0.05) is 13.1 Å². The zero-order chi connectivity index (χ0) is 19.5. The summed E-state index contributed by atoms with van der Waals surface area (Å²) in [4.78, 5) is 23.5. The van der Waals surface area contributed by atoms with Crippen molar-refractivity contribution in [1.29, 1.82) is 0 Å². The zero-order valence-corrected chi connectivity index (χ0v) is 15.7. The minimum Gasteiger partial charge on any atom is -0.353 e. The smallest absolute Gasteiger partial charge is 0.239 e. The fraction of sp³-hybridized carbons (Fsp3) is 0.263. The summed E-state index contributed by atoms with van der Waals surface area (Å²) < 4.78 is 26.3. The second-order valence-corrected chi connectivity index (χ2v) is 7.73. The molecule has 2 aromatic rings. The molecular weight excluding hydrogens is 366 g/mol. The first-order valence-electron chi connectivity index (χ1n) is 8.53. The van der Waals surface area contributed by atoms with Gasteiger partial charge in [0.15, 0.2) is 0 Å². The average molecular weight is 389 g/mol. The summed E-state index contributed by atoms with van der Waals surface area (Å²) in [6, 6.07) is 18.1. The first kappa shape index (κ1) is 20.6. The molecule has 0 aliphatic heterocycles. The minimum absolute atomic E-state index is 0.0822. The second kappa shape index (κ2) is 10.4. The molecule has 2 rings (SSSR count). The van der Waals surface area contributed by atoms with E-state index in [4.69, 9.17) is 0 Å². The highest BCUT2D eigenvalue weighted by atomic mass is 32.2. The van der Waals surface area contributed by atoms with Crippen LogP contribution in [-0.2, 0) is 31.8 Å². The molecule has 0 aromatic heterocycles. The molecule has 0 unspecified atom stereocenters. The van der Waals surface area contributed by atoms with Crippen LogP contribution in [0.5, 0.6) is 0 Å². The van der Waals surface area contributed by atoms with E-state index in [2.05, 4.69) is 15.4 Å². The Morgan fingerprint density at radius 3 is 1.96 bits per heavy atom. The van der Waals surface area contributed by atoms with Gasteiger partial charge in [-0.3, -0.25) is 9.59 Å². The fourth-order valence-corrected chi connectivity index (χ4v) is 3.48. The lowest BCUT2D eigenvalue weighted by Gasteiger charge is -2.09. The predicted molar refractivity (Wildman–Crippen MR) is 103 cm³/mol. The van der Waals surface area contributed by atoms with Gasteiger partial charge in [-0.1, -0.05) is 60.7 Å². The molecule has 0 bridgehead atoms. The van der Waals surface area contributed by atoms with Crippen LogP contribution in [0, 0.1) is 0 Å². The monoisotopic (exact) mass is 389 g/mol. The summed E-state index contributed by atoms with van der Waals surface area (Å²) in [5.41, 5.74) is 1.55. The van der Waals surface area contributed by atoms with Crippen LogP contribution >= 0.6 is 0 Å². The quantitative estimate of drug-likeness (QED) is 0.517. The molecular formula is C19H23N3O4S. The van der Waals surface area contributed by atoms with E-state index in [9.17, 15) is 18.0 Å². The number of amides is 2. The largest absolute Gasteiger partial charge is 0.353 e. The van der Waals surface area contributed by atoms with Crippen LogP contribution in [0.2, 0.25) is 0 Å². The van der Waals surface area contributed by atoms with E-state index >= 15 is 0 Å². The van der Waals surface area contributed by atoms with Crippen molar-refractivity contribution in [2.75, 3.05) is 19.6 Å². The molecule has 0 saturated carbocycles. The van der Waals surface area contributed by atoms with E-state index in [1.165, 1.54) is 0 Å². The van der Waals surface area contributed by atoms with E-state index in [0.29, 0.717) is 5.56 Å². The molecule has 8 heteroatoms. The van der Waals surface area contributed by atoms with E-state index < -0.39 is 10.0 Å². The van der Waals surface area contributed by atoms with Gasteiger partial charge >= 0.3 is 0 Å². The molecule has 7 nitrogen and oxygen atoms in total. The van der Waals surface area contributed by atoms with Gasteiger partial charge in [-0.2, -0.15) is 0 Å². The lowest BCUT2D eigenvalue weighted by Crippen LogP contribution is -2.40. The third kappa shape index (κ3) is 8.48. The molecule has 0 spiro atoms. The number of carbonyl (C=O) groups is 2. The summed E-state index contributed by atoms with van der Waals surface area (Å²) in [6.07, 6.45) is 0.202. The van der Waals surface area contributed by atoms with Crippen molar-refractivity contribution in [1.82, 2.24) is 15.4 Å². The molecule has 0 fully saturated rings. The number of rotatable bonds is 10. The minimum atomic E-state index is -3.46. The summed E-state index contributed by atoms with van der Waals surface area (Å²) in [5.74, 6) is -0.740. The fourth-order valence-electron chi connectivity index (χ4n) is 2.34. The van der Waals surface area contributed by atoms with Gasteiger partial charge in [0.1, 0.15) is 0 Å². The molecule has 144 valence electrons. The summed E-state index contributed by atoms with van der Waals surface area (Å²) in [7, 11) is -3.46. The molecule has 0 saturated heterocycles. The number of hydrogen-bond donors (Lipinski definition) is 3. The highest BCUT2D eigenvalue weighted by Crippen LogP contribution is 2.03. The number of carbonyl (C=O) groups excluding carboxylic acids is 2. The Morgan fingerprint density at radius 2 is 1.33 bits per heavy atom. The highest BCUT2D eigenvalue weighted by molar-refractivity contribution is 7.88. The third-order valence-corrected chi connectivity index (χ3v) is 4.98. The first-order valence-corrected chi connectivity index (χ1v) is 10.2. The van der Waals surface area contributed by atoms with Gasteiger partial charge in [0.25, 0.3) is 0 Å². The lowest BCUT2D eigenvalue weighted by atomic mass is 10.1. The molecule has 0 aliphatic rings. The maximum atomic E-state index is 12.0. The van der Waals surface area contributed by atoms with Gasteiger partial charge in [-0.15, -0.1) is 0 Å².